The SMILES string of the molecule is Cc1ccc(N2C(N)=NCC2c2cccc(F)c2)cc1. The van der Waals surface area contributed by atoms with Crippen molar-refractivity contribution in [1.82, 2.24) is 0 Å². The second-order valence-corrected chi connectivity index (χ2v) is 4.98. The number of rotatable bonds is 2. The van der Waals surface area contributed by atoms with Crippen LogP contribution in [-0.2, 0) is 0 Å². The van der Waals surface area contributed by atoms with E-state index in [0.717, 1.165) is 11.3 Å². The molecule has 0 bridgehead atoms. The molecule has 2 aromatic rings. The van der Waals surface area contributed by atoms with Crippen LogP contribution in [0.2, 0.25) is 0 Å². The normalized spacial score (nSPS) is 18.2. The van der Waals surface area contributed by atoms with E-state index in [1.165, 1.54) is 11.6 Å². The Morgan fingerprint density at radius 1 is 1.20 bits per heavy atom. The third-order valence-corrected chi connectivity index (χ3v) is 3.53. The van der Waals surface area contributed by atoms with Gasteiger partial charge in [0.2, 0.25) is 0 Å². The molecular formula is C16H16FN3. The van der Waals surface area contributed by atoms with E-state index in [9.17, 15) is 4.39 Å². The molecule has 1 unspecified atom stereocenters. The highest BCUT2D eigenvalue weighted by Crippen LogP contribution is 2.31. The summed E-state index contributed by atoms with van der Waals surface area (Å²) in [6.45, 7) is 2.58. The van der Waals surface area contributed by atoms with E-state index in [1.54, 1.807) is 12.1 Å². The first kappa shape index (κ1) is 12.7. The molecule has 0 amide bonds. The van der Waals surface area contributed by atoms with Gasteiger partial charge in [-0.15, -0.1) is 0 Å². The molecule has 4 heteroatoms. The fourth-order valence-electron chi connectivity index (χ4n) is 2.48. The second kappa shape index (κ2) is 4.96. The molecule has 0 aliphatic carbocycles. The molecule has 3 nitrogen and oxygen atoms in total. The highest BCUT2D eigenvalue weighted by molar-refractivity contribution is 5.97. The Bertz CT molecular complexity index is 649. The Kier molecular flexibility index (Phi) is 3.14. The number of guanidine groups is 1. The summed E-state index contributed by atoms with van der Waals surface area (Å²) in [4.78, 5) is 6.25. The highest BCUT2D eigenvalue weighted by atomic mass is 19.1. The van der Waals surface area contributed by atoms with Crippen molar-refractivity contribution in [1.29, 1.82) is 0 Å². The Morgan fingerprint density at radius 3 is 2.65 bits per heavy atom. The Balaban J connectivity index is 1.98. The molecule has 1 aliphatic rings. The maximum Gasteiger partial charge on any atom is 0.196 e. The molecule has 0 fully saturated rings. The van der Waals surface area contributed by atoms with Crippen molar-refractivity contribution in [2.24, 2.45) is 10.7 Å². The van der Waals surface area contributed by atoms with Gasteiger partial charge in [-0.1, -0.05) is 29.8 Å². The van der Waals surface area contributed by atoms with Gasteiger partial charge >= 0.3 is 0 Å². The van der Waals surface area contributed by atoms with E-state index in [0.29, 0.717) is 12.5 Å². The summed E-state index contributed by atoms with van der Waals surface area (Å²) in [5.74, 6) is 0.236. The molecule has 20 heavy (non-hydrogen) atoms. The van der Waals surface area contributed by atoms with Crippen LogP contribution in [0.4, 0.5) is 10.1 Å². The van der Waals surface area contributed by atoms with Crippen LogP contribution < -0.4 is 10.6 Å². The maximum absolute atomic E-state index is 13.4. The Hall–Kier alpha value is -2.36. The number of anilines is 1. The largest absolute Gasteiger partial charge is 0.369 e. The van der Waals surface area contributed by atoms with Gasteiger partial charge in [0, 0.05) is 5.69 Å². The van der Waals surface area contributed by atoms with Crippen molar-refractivity contribution < 1.29 is 4.39 Å². The maximum atomic E-state index is 13.4. The first-order valence-electron chi connectivity index (χ1n) is 6.56. The standard InChI is InChI=1S/C16H16FN3/c1-11-5-7-14(8-6-11)20-15(10-19-16(20)18)12-3-2-4-13(17)9-12/h2-9,15H,10H2,1H3,(H2,18,19). The van der Waals surface area contributed by atoms with Gasteiger partial charge in [-0.05, 0) is 36.8 Å². The first-order valence-corrected chi connectivity index (χ1v) is 6.56. The number of benzene rings is 2. The molecular weight excluding hydrogens is 253 g/mol. The van der Waals surface area contributed by atoms with E-state index in [-0.39, 0.29) is 11.9 Å². The number of nitrogens with zero attached hydrogens (tertiary/aromatic N) is 2. The molecule has 1 aliphatic heterocycles. The average molecular weight is 269 g/mol. The highest BCUT2D eigenvalue weighted by Gasteiger charge is 2.28. The van der Waals surface area contributed by atoms with Gasteiger partial charge < -0.3 is 10.6 Å². The first-order chi connectivity index (χ1) is 9.65. The van der Waals surface area contributed by atoms with Gasteiger partial charge in [0.1, 0.15) is 5.82 Å². The van der Waals surface area contributed by atoms with E-state index in [4.69, 9.17) is 5.73 Å². The number of halogens is 1. The number of hydrogen-bond donors (Lipinski definition) is 1. The van der Waals surface area contributed by atoms with Crippen LogP contribution in [0.1, 0.15) is 17.2 Å². The van der Waals surface area contributed by atoms with Crippen molar-refractivity contribution in [3.05, 3.63) is 65.5 Å². The smallest absolute Gasteiger partial charge is 0.196 e. The molecule has 1 heterocycles. The topological polar surface area (TPSA) is 41.6 Å². The van der Waals surface area contributed by atoms with Gasteiger partial charge in [-0.3, -0.25) is 4.99 Å². The molecule has 102 valence electrons. The number of hydrogen-bond acceptors (Lipinski definition) is 3. The fourth-order valence-corrected chi connectivity index (χ4v) is 2.48. The zero-order valence-electron chi connectivity index (χ0n) is 11.3. The van der Waals surface area contributed by atoms with Crippen molar-refractivity contribution in [3.63, 3.8) is 0 Å². The minimum atomic E-state index is -0.239. The zero-order valence-corrected chi connectivity index (χ0v) is 11.3. The van der Waals surface area contributed by atoms with Crippen LogP contribution in [0.3, 0.4) is 0 Å². The molecule has 2 aromatic carbocycles. The minimum absolute atomic E-state index is 0.0478. The molecule has 0 saturated carbocycles. The van der Waals surface area contributed by atoms with E-state index in [2.05, 4.69) is 4.99 Å². The van der Waals surface area contributed by atoms with Crippen molar-refractivity contribution in [2.75, 3.05) is 11.4 Å². The van der Waals surface area contributed by atoms with Gasteiger partial charge in [0.25, 0.3) is 0 Å². The number of aryl methyl sites for hydroxylation is 1. The molecule has 0 aromatic heterocycles. The molecule has 0 saturated heterocycles. The lowest BCUT2D eigenvalue weighted by atomic mass is 10.1. The van der Waals surface area contributed by atoms with Gasteiger partial charge in [0.05, 0.1) is 12.6 Å². The number of aliphatic imine (C=N–C) groups is 1. The van der Waals surface area contributed by atoms with Crippen molar-refractivity contribution in [2.45, 2.75) is 13.0 Å². The predicted octanol–water partition coefficient (Wildman–Crippen LogP) is 3.01. The Labute approximate surface area is 117 Å². The van der Waals surface area contributed by atoms with E-state index >= 15 is 0 Å². The molecule has 3 rings (SSSR count). The summed E-state index contributed by atoms with van der Waals surface area (Å²) in [7, 11) is 0. The summed E-state index contributed by atoms with van der Waals surface area (Å²) in [6, 6.07) is 14.6. The molecule has 2 N–H and O–H groups in total. The predicted molar refractivity (Wildman–Crippen MR) is 79.3 cm³/mol. The van der Waals surface area contributed by atoms with Crippen molar-refractivity contribution >= 4 is 11.6 Å². The molecule has 1 atom stereocenters. The van der Waals surface area contributed by atoms with Crippen molar-refractivity contribution in [3.8, 4) is 0 Å². The summed E-state index contributed by atoms with van der Waals surface area (Å²) in [6.07, 6.45) is 0. The van der Waals surface area contributed by atoms with Gasteiger partial charge in [-0.2, -0.15) is 0 Å². The number of nitrogens with two attached hydrogens (primary N) is 1. The Morgan fingerprint density at radius 2 is 1.95 bits per heavy atom. The molecule has 0 spiro atoms. The second-order valence-electron chi connectivity index (χ2n) is 4.98. The fraction of sp³-hybridized carbons (Fsp3) is 0.188. The summed E-state index contributed by atoms with van der Waals surface area (Å²) in [5, 5.41) is 0. The summed E-state index contributed by atoms with van der Waals surface area (Å²) in [5.41, 5.74) is 9.04. The third-order valence-electron chi connectivity index (χ3n) is 3.53. The van der Waals surface area contributed by atoms with Gasteiger partial charge in [-0.25, -0.2) is 4.39 Å². The van der Waals surface area contributed by atoms with E-state index < -0.39 is 0 Å². The summed E-state index contributed by atoms with van der Waals surface area (Å²) < 4.78 is 13.4. The average Bonchev–Trinajstić information content (AvgIpc) is 2.82. The van der Waals surface area contributed by atoms with E-state index in [1.807, 2.05) is 42.2 Å². The summed E-state index contributed by atoms with van der Waals surface area (Å²) >= 11 is 0. The third kappa shape index (κ3) is 2.25. The van der Waals surface area contributed by atoms with Crippen LogP contribution in [0.25, 0.3) is 0 Å². The minimum Gasteiger partial charge on any atom is -0.369 e. The van der Waals surface area contributed by atoms with Crippen LogP contribution in [0.5, 0.6) is 0 Å². The van der Waals surface area contributed by atoms with Crippen LogP contribution >= 0.6 is 0 Å². The lowest BCUT2D eigenvalue weighted by Crippen LogP contribution is -2.36. The monoisotopic (exact) mass is 269 g/mol. The van der Waals surface area contributed by atoms with Gasteiger partial charge in [0.15, 0.2) is 5.96 Å². The van der Waals surface area contributed by atoms with Crippen LogP contribution in [-0.4, -0.2) is 12.5 Å². The lowest BCUT2D eigenvalue weighted by Gasteiger charge is -2.26. The van der Waals surface area contributed by atoms with Crippen LogP contribution in [0.15, 0.2) is 53.5 Å². The zero-order chi connectivity index (χ0) is 14.1. The lowest BCUT2D eigenvalue weighted by molar-refractivity contribution is 0.621. The molecule has 0 radical (unpaired) electrons. The quantitative estimate of drug-likeness (QED) is 0.910. The van der Waals surface area contributed by atoms with Crippen LogP contribution in [0, 0.1) is 12.7 Å².